The molecule has 0 bridgehead atoms. The second kappa shape index (κ2) is 7.61. The predicted molar refractivity (Wildman–Crippen MR) is 85.0 cm³/mol. The van der Waals surface area contributed by atoms with E-state index in [-0.39, 0.29) is 24.8 Å². The van der Waals surface area contributed by atoms with E-state index in [4.69, 9.17) is 18.9 Å². The molecule has 7 heteroatoms. The largest absolute Gasteiger partial charge is 0.463 e. The van der Waals surface area contributed by atoms with Gasteiger partial charge in [0.2, 0.25) is 12.4 Å². The molecule has 1 aliphatic rings. The van der Waals surface area contributed by atoms with E-state index in [2.05, 4.69) is 0 Å². The van der Waals surface area contributed by atoms with Gasteiger partial charge < -0.3 is 18.9 Å². The number of ether oxygens (including phenoxy) is 4. The lowest BCUT2D eigenvalue weighted by atomic mass is 9.96. The topological polar surface area (TPSA) is 88.1 Å². The normalized spacial score (nSPS) is 25.3. The molecule has 0 saturated carbocycles. The van der Waals surface area contributed by atoms with Crippen molar-refractivity contribution in [3.63, 3.8) is 0 Å². The van der Waals surface area contributed by atoms with Crippen LogP contribution in [0.4, 0.5) is 0 Å². The first-order valence-electron chi connectivity index (χ1n) is 7.95. The second-order valence-electron chi connectivity index (χ2n) is 7.96. The number of carbonyl (C=O) groups is 3. The van der Waals surface area contributed by atoms with Crippen molar-refractivity contribution in [2.24, 2.45) is 10.8 Å². The Kier molecular flexibility index (Phi) is 6.52. The average Bonchev–Trinajstić information content (AvgIpc) is 2.44. The number of esters is 2. The zero-order chi connectivity index (χ0) is 18.7. The van der Waals surface area contributed by atoms with E-state index in [1.807, 2.05) is 0 Å². The Morgan fingerprint density at radius 1 is 1.08 bits per heavy atom. The van der Waals surface area contributed by atoms with Crippen molar-refractivity contribution in [2.45, 2.75) is 66.5 Å². The highest BCUT2D eigenvalue weighted by Crippen LogP contribution is 2.25. The summed E-state index contributed by atoms with van der Waals surface area (Å²) in [6.45, 7) is 10.2. The van der Waals surface area contributed by atoms with Gasteiger partial charge in [0, 0.05) is 13.5 Å². The lowest BCUT2D eigenvalue weighted by molar-refractivity contribution is -0.239. The minimum atomic E-state index is -1.11. The first-order chi connectivity index (χ1) is 10.9. The fourth-order valence-electron chi connectivity index (χ4n) is 1.88. The fraction of sp³-hybridized carbons (Fsp3) is 0.824. The molecule has 0 aromatic heterocycles. The summed E-state index contributed by atoms with van der Waals surface area (Å²) >= 11 is 0. The summed E-state index contributed by atoms with van der Waals surface area (Å²) < 4.78 is 21.2. The van der Waals surface area contributed by atoms with Crippen molar-refractivity contribution in [1.82, 2.24) is 0 Å². The quantitative estimate of drug-likeness (QED) is 0.719. The number of rotatable bonds is 4. The van der Waals surface area contributed by atoms with Gasteiger partial charge >= 0.3 is 11.9 Å². The van der Waals surface area contributed by atoms with E-state index in [0.29, 0.717) is 0 Å². The highest BCUT2D eigenvalue weighted by molar-refractivity contribution is 5.88. The number of ketones is 1. The predicted octanol–water partition coefficient (Wildman–Crippen LogP) is 1.86. The monoisotopic (exact) mass is 344 g/mol. The van der Waals surface area contributed by atoms with Crippen LogP contribution in [-0.2, 0) is 33.3 Å². The van der Waals surface area contributed by atoms with Crippen molar-refractivity contribution in [3.05, 3.63) is 0 Å². The van der Waals surface area contributed by atoms with Crippen LogP contribution in [0.25, 0.3) is 0 Å². The van der Waals surface area contributed by atoms with Crippen LogP contribution in [0.15, 0.2) is 0 Å². The summed E-state index contributed by atoms with van der Waals surface area (Å²) in [5.74, 6) is -1.21. The van der Waals surface area contributed by atoms with Crippen LogP contribution in [0.1, 0.15) is 48.0 Å². The molecule has 0 aromatic carbocycles. The molecule has 1 rings (SSSR count). The van der Waals surface area contributed by atoms with Gasteiger partial charge in [0.1, 0.15) is 12.7 Å². The molecule has 1 fully saturated rings. The number of methoxy groups -OCH3 is 1. The summed E-state index contributed by atoms with van der Waals surface area (Å²) in [5, 5.41) is 0. The Balaban J connectivity index is 2.68. The van der Waals surface area contributed by atoms with E-state index in [1.165, 1.54) is 7.11 Å². The molecule has 1 heterocycles. The molecular formula is C17H28O7. The molecule has 7 nitrogen and oxygen atoms in total. The van der Waals surface area contributed by atoms with E-state index < -0.39 is 35.3 Å². The zero-order valence-corrected chi connectivity index (χ0v) is 15.5. The maximum atomic E-state index is 12.3. The maximum Gasteiger partial charge on any atom is 0.312 e. The lowest BCUT2D eigenvalue weighted by Gasteiger charge is -2.35. The number of Topliss-reactive ketones (excluding diaryl/α,β-unsaturated/α-hetero) is 1. The smallest absolute Gasteiger partial charge is 0.312 e. The maximum absolute atomic E-state index is 12.3. The standard InChI is InChI=1S/C17H28O7/c1-16(2,3)14(19)22-9-10-8-11(18)12(13(21-7)23-10)24-15(20)17(4,5)6/h10,12-13H,8-9H2,1-7H3/t10-,12+,13-/m0/s1. The van der Waals surface area contributed by atoms with Crippen molar-refractivity contribution in [1.29, 1.82) is 0 Å². The van der Waals surface area contributed by atoms with E-state index >= 15 is 0 Å². The van der Waals surface area contributed by atoms with Crippen LogP contribution in [0.5, 0.6) is 0 Å². The average molecular weight is 344 g/mol. The van der Waals surface area contributed by atoms with Crippen LogP contribution >= 0.6 is 0 Å². The van der Waals surface area contributed by atoms with Crippen LogP contribution in [0.3, 0.4) is 0 Å². The summed E-state index contributed by atoms with van der Waals surface area (Å²) in [4.78, 5) is 36.1. The summed E-state index contributed by atoms with van der Waals surface area (Å²) in [6, 6.07) is 0. The van der Waals surface area contributed by atoms with Crippen molar-refractivity contribution in [3.8, 4) is 0 Å². The Morgan fingerprint density at radius 2 is 1.62 bits per heavy atom. The number of carbonyl (C=O) groups excluding carboxylic acids is 3. The van der Waals surface area contributed by atoms with Crippen molar-refractivity contribution < 1.29 is 33.3 Å². The Labute approximate surface area is 143 Å². The van der Waals surface area contributed by atoms with E-state index in [0.717, 1.165) is 0 Å². The van der Waals surface area contributed by atoms with Crippen LogP contribution < -0.4 is 0 Å². The van der Waals surface area contributed by atoms with Crippen LogP contribution in [-0.4, -0.2) is 49.9 Å². The molecule has 0 radical (unpaired) electrons. The third kappa shape index (κ3) is 5.56. The zero-order valence-electron chi connectivity index (χ0n) is 15.5. The first kappa shape index (κ1) is 20.6. The highest BCUT2D eigenvalue weighted by atomic mass is 16.7. The Bertz CT molecular complexity index is 484. The summed E-state index contributed by atoms with van der Waals surface area (Å²) in [5.41, 5.74) is -1.37. The first-order valence-corrected chi connectivity index (χ1v) is 7.95. The number of hydrogen-bond acceptors (Lipinski definition) is 7. The molecule has 0 N–H and O–H groups in total. The SMILES string of the molecule is CO[C@H]1O[C@H](COC(=O)C(C)(C)C)CC(=O)[C@H]1OC(=O)C(C)(C)C. The molecule has 0 unspecified atom stereocenters. The molecule has 1 saturated heterocycles. The summed E-state index contributed by atoms with van der Waals surface area (Å²) in [6.07, 6.45) is -2.77. The van der Waals surface area contributed by atoms with Gasteiger partial charge in [-0.25, -0.2) is 0 Å². The molecule has 1 aliphatic heterocycles. The Hall–Kier alpha value is -1.47. The van der Waals surface area contributed by atoms with Gasteiger partial charge in [-0.3, -0.25) is 14.4 Å². The van der Waals surface area contributed by atoms with E-state index in [1.54, 1.807) is 41.5 Å². The van der Waals surface area contributed by atoms with Crippen LogP contribution in [0.2, 0.25) is 0 Å². The second-order valence-corrected chi connectivity index (χ2v) is 7.96. The molecule has 0 aromatic rings. The minimum absolute atomic E-state index is 0.0145. The molecule has 0 aliphatic carbocycles. The van der Waals surface area contributed by atoms with Gasteiger partial charge in [-0.2, -0.15) is 0 Å². The van der Waals surface area contributed by atoms with E-state index in [9.17, 15) is 14.4 Å². The van der Waals surface area contributed by atoms with Gasteiger partial charge in [0.05, 0.1) is 10.8 Å². The fourth-order valence-corrected chi connectivity index (χ4v) is 1.88. The van der Waals surface area contributed by atoms with Gasteiger partial charge in [-0.15, -0.1) is 0 Å². The Morgan fingerprint density at radius 3 is 2.08 bits per heavy atom. The summed E-state index contributed by atoms with van der Waals surface area (Å²) in [7, 11) is 1.36. The molecular weight excluding hydrogens is 316 g/mol. The molecule has 138 valence electrons. The van der Waals surface area contributed by atoms with Gasteiger partial charge in [-0.05, 0) is 41.5 Å². The minimum Gasteiger partial charge on any atom is -0.463 e. The van der Waals surface area contributed by atoms with Crippen molar-refractivity contribution >= 4 is 17.7 Å². The number of hydrogen-bond donors (Lipinski definition) is 0. The van der Waals surface area contributed by atoms with Crippen LogP contribution in [0, 0.1) is 10.8 Å². The molecule has 3 atom stereocenters. The third-order valence-electron chi connectivity index (χ3n) is 3.41. The third-order valence-corrected chi connectivity index (χ3v) is 3.41. The molecule has 0 amide bonds. The molecule has 24 heavy (non-hydrogen) atoms. The van der Waals surface area contributed by atoms with Crippen molar-refractivity contribution in [2.75, 3.05) is 13.7 Å². The van der Waals surface area contributed by atoms with Gasteiger partial charge in [0.25, 0.3) is 0 Å². The van der Waals surface area contributed by atoms with Gasteiger partial charge in [0.15, 0.2) is 5.78 Å². The van der Waals surface area contributed by atoms with Gasteiger partial charge in [-0.1, -0.05) is 0 Å². The highest BCUT2D eigenvalue weighted by Gasteiger charge is 2.42. The lowest BCUT2D eigenvalue weighted by Crippen LogP contribution is -2.51. The molecule has 0 spiro atoms.